The van der Waals surface area contributed by atoms with E-state index in [0.717, 1.165) is 17.0 Å². The number of rotatable bonds is 4. The molecular weight excluding hydrogens is 488 g/mol. The second-order valence-electron chi connectivity index (χ2n) is 9.49. The molecule has 0 saturated carbocycles. The van der Waals surface area contributed by atoms with Crippen LogP contribution in [0.3, 0.4) is 0 Å². The molecule has 0 aromatic heterocycles. The van der Waals surface area contributed by atoms with Gasteiger partial charge in [0.25, 0.3) is 11.8 Å². The molecule has 184 valence electrons. The molecule has 2 amide bonds. The van der Waals surface area contributed by atoms with E-state index in [9.17, 15) is 31.9 Å². The molecule has 2 aliphatic rings. The summed E-state index contributed by atoms with van der Waals surface area (Å²) in [6.07, 6.45) is -5.53. The van der Waals surface area contributed by atoms with Gasteiger partial charge in [-0.3, -0.25) is 14.4 Å². The van der Waals surface area contributed by atoms with Crippen LogP contribution in [0.25, 0.3) is 0 Å². The molecule has 0 saturated heterocycles. The van der Waals surface area contributed by atoms with E-state index in [2.05, 4.69) is 0 Å². The summed E-state index contributed by atoms with van der Waals surface area (Å²) in [5.41, 5.74) is -4.91. The number of Topliss-reactive ketones (excluding diaryl/α,β-unsaturated/α-hetero) is 1. The topological polar surface area (TPSA) is 66.5 Å². The molecule has 1 heterocycles. The normalized spacial score (nSPS) is 21.9. The first kappa shape index (κ1) is 24.9. The highest BCUT2D eigenvalue weighted by atomic mass is 35.5. The lowest BCUT2D eigenvalue weighted by atomic mass is 9.72. The number of amides is 2. The number of carbonyl (C=O) groups is 3. The smallest absolute Gasteiger partial charge is 0.326 e. The molecule has 4 rings (SSSR count). The number of alkyl halides is 3. The Bertz CT molecular complexity index is 1240. The van der Waals surface area contributed by atoms with Gasteiger partial charge in [0.2, 0.25) is 5.54 Å². The fraction of sp³-hybridized carbons (Fsp3) is 0.320. The number of carbonyl (C=O) groups excluding carboxylic acids is 3. The zero-order chi connectivity index (χ0) is 25.8. The van der Waals surface area contributed by atoms with Crippen LogP contribution in [0.15, 0.2) is 59.8 Å². The Balaban J connectivity index is 1.86. The van der Waals surface area contributed by atoms with Gasteiger partial charge in [0.15, 0.2) is 5.78 Å². The minimum atomic E-state index is -5.32. The third-order valence-electron chi connectivity index (χ3n) is 6.21. The molecule has 1 atom stereocenters. The molecule has 2 aromatic carbocycles. The first-order valence-electron chi connectivity index (χ1n) is 10.7. The second kappa shape index (κ2) is 8.48. The van der Waals surface area contributed by atoms with Crippen LogP contribution >= 0.6 is 11.6 Å². The number of halogens is 5. The third kappa shape index (κ3) is 4.33. The fourth-order valence-electron chi connectivity index (χ4n) is 4.61. The Morgan fingerprint density at radius 2 is 1.63 bits per heavy atom. The van der Waals surface area contributed by atoms with Crippen LogP contribution in [0.1, 0.15) is 42.6 Å². The van der Waals surface area contributed by atoms with Gasteiger partial charge in [-0.1, -0.05) is 37.6 Å². The van der Waals surface area contributed by atoms with Crippen LogP contribution in [0.2, 0.25) is 5.02 Å². The zero-order valence-electron chi connectivity index (χ0n) is 18.8. The summed E-state index contributed by atoms with van der Waals surface area (Å²) in [6.45, 7) is 3.11. The van der Waals surface area contributed by atoms with Gasteiger partial charge in [-0.25, -0.2) is 4.39 Å². The van der Waals surface area contributed by atoms with Crippen molar-refractivity contribution in [2.24, 2.45) is 5.41 Å². The maximum Gasteiger partial charge on any atom is 0.425 e. The Labute approximate surface area is 203 Å². The fourth-order valence-corrected chi connectivity index (χ4v) is 4.74. The van der Waals surface area contributed by atoms with E-state index in [-0.39, 0.29) is 35.7 Å². The summed E-state index contributed by atoms with van der Waals surface area (Å²) in [6, 6.07) is 10.0. The van der Waals surface area contributed by atoms with E-state index in [4.69, 9.17) is 11.6 Å². The van der Waals surface area contributed by atoms with Crippen LogP contribution in [0.5, 0.6) is 0 Å². The minimum absolute atomic E-state index is 0.00958. The summed E-state index contributed by atoms with van der Waals surface area (Å²) in [5.74, 6) is -4.07. The van der Waals surface area contributed by atoms with Crippen LogP contribution in [0, 0.1) is 11.2 Å². The van der Waals surface area contributed by atoms with Crippen molar-refractivity contribution >= 4 is 29.2 Å². The average Bonchev–Trinajstić information content (AvgIpc) is 2.98. The van der Waals surface area contributed by atoms with Crippen molar-refractivity contribution in [2.45, 2.75) is 44.9 Å². The van der Waals surface area contributed by atoms with Gasteiger partial charge in [0, 0.05) is 22.7 Å². The molecule has 1 N–H and O–H groups in total. The number of hydrogen-bond acceptors (Lipinski definition) is 3. The van der Waals surface area contributed by atoms with Crippen molar-refractivity contribution in [2.75, 3.05) is 0 Å². The molecule has 0 fully saturated rings. The lowest BCUT2D eigenvalue weighted by molar-refractivity contribution is -0.190. The Kier molecular flexibility index (Phi) is 6.03. The maximum atomic E-state index is 14.8. The van der Waals surface area contributed by atoms with Crippen molar-refractivity contribution in [1.82, 2.24) is 10.2 Å². The van der Waals surface area contributed by atoms with Crippen LogP contribution in [0.4, 0.5) is 17.6 Å². The number of nitrogens with zero attached hydrogens (tertiary/aromatic N) is 1. The quantitative estimate of drug-likeness (QED) is 0.578. The summed E-state index contributed by atoms with van der Waals surface area (Å²) in [5, 5.41) is 2.13. The van der Waals surface area contributed by atoms with Gasteiger partial charge in [-0.05, 0) is 53.8 Å². The van der Waals surface area contributed by atoms with Gasteiger partial charge in [0.05, 0.1) is 12.1 Å². The zero-order valence-corrected chi connectivity index (χ0v) is 19.6. The van der Waals surface area contributed by atoms with Crippen LogP contribution in [-0.2, 0) is 16.1 Å². The Hall–Kier alpha value is -3.20. The van der Waals surface area contributed by atoms with Crippen LogP contribution in [-0.4, -0.2) is 34.2 Å². The molecule has 0 spiro atoms. The molecule has 2 aromatic rings. The number of benzene rings is 2. The molecule has 0 radical (unpaired) electrons. The predicted octanol–water partition coefficient (Wildman–Crippen LogP) is 5.20. The molecular formula is C25H21ClF4N2O3. The van der Waals surface area contributed by atoms with Gasteiger partial charge >= 0.3 is 6.18 Å². The standard InChI is InChI=1S/C25H21ClF4N2O3/c1-23(2)11-18-20(19(33)12-23)24(25(28,29)30,31-21(34)15-5-7-16(26)8-6-15)22(35)32(18)13-14-3-9-17(27)10-4-14/h3-10H,11-13H2,1-2H3,(H,31,34)/t24-/m1/s1. The highest BCUT2D eigenvalue weighted by molar-refractivity contribution is 6.30. The summed E-state index contributed by atoms with van der Waals surface area (Å²) >= 11 is 5.80. The SMILES string of the molecule is CC1(C)CC(=O)C2=C(C1)N(Cc1ccc(F)cc1)C(=O)[C@@]2(NC(=O)c1ccc(Cl)cc1)C(F)(F)F. The van der Waals surface area contributed by atoms with Crippen molar-refractivity contribution < 1.29 is 31.9 Å². The number of ketones is 1. The Morgan fingerprint density at radius 1 is 1.03 bits per heavy atom. The molecule has 0 bridgehead atoms. The molecule has 0 unspecified atom stereocenters. The Morgan fingerprint density at radius 3 is 2.20 bits per heavy atom. The van der Waals surface area contributed by atoms with Gasteiger partial charge in [-0.2, -0.15) is 13.2 Å². The lowest BCUT2D eigenvalue weighted by Gasteiger charge is -2.35. The predicted molar refractivity (Wildman–Crippen MR) is 120 cm³/mol. The van der Waals surface area contributed by atoms with Crippen molar-refractivity contribution in [3.8, 4) is 0 Å². The van der Waals surface area contributed by atoms with Gasteiger partial charge in [0.1, 0.15) is 5.82 Å². The average molecular weight is 509 g/mol. The van der Waals surface area contributed by atoms with Crippen molar-refractivity contribution in [1.29, 1.82) is 0 Å². The molecule has 1 aliphatic heterocycles. The first-order valence-corrected chi connectivity index (χ1v) is 11.1. The summed E-state index contributed by atoms with van der Waals surface area (Å²) < 4.78 is 57.7. The van der Waals surface area contributed by atoms with Gasteiger partial charge < -0.3 is 10.2 Å². The summed E-state index contributed by atoms with van der Waals surface area (Å²) in [4.78, 5) is 40.5. The number of allylic oxidation sites excluding steroid dienone is 1. The highest BCUT2D eigenvalue weighted by Crippen LogP contribution is 2.52. The summed E-state index contributed by atoms with van der Waals surface area (Å²) in [7, 11) is 0. The van der Waals surface area contributed by atoms with Crippen LogP contribution < -0.4 is 5.32 Å². The van der Waals surface area contributed by atoms with E-state index in [0.29, 0.717) is 5.56 Å². The second-order valence-corrected chi connectivity index (χ2v) is 9.93. The third-order valence-corrected chi connectivity index (χ3v) is 6.46. The molecule has 1 aliphatic carbocycles. The van der Waals surface area contributed by atoms with E-state index in [1.54, 1.807) is 13.8 Å². The highest BCUT2D eigenvalue weighted by Gasteiger charge is 2.71. The largest absolute Gasteiger partial charge is 0.425 e. The molecule has 35 heavy (non-hydrogen) atoms. The lowest BCUT2D eigenvalue weighted by Crippen LogP contribution is -2.66. The molecule has 10 heteroatoms. The van der Waals surface area contributed by atoms with E-state index in [1.807, 2.05) is 5.32 Å². The number of nitrogens with one attached hydrogen (secondary N) is 1. The van der Waals surface area contributed by atoms with E-state index in [1.165, 1.54) is 36.4 Å². The number of hydrogen-bond donors (Lipinski definition) is 1. The van der Waals surface area contributed by atoms with E-state index >= 15 is 0 Å². The van der Waals surface area contributed by atoms with Crippen molar-refractivity contribution in [3.05, 3.63) is 81.8 Å². The first-order chi connectivity index (χ1) is 16.2. The monoisotopic (exact) mass is 508 g/mol. The minimum Gasteiger partial charge on any atom is -0.326 e. The van der Waals surface area contributed by atoms with Crippen molar-refractivity contribution in [3.63, 3.8) is 0 Å². The van der Waals surface area contributed by atoms with E-state index < -0.39 is 46.1 Å². The van der Waals surface area contributed by atoms with Gasteiger partial charge in [-0.15, -0.1) is 0 Å². The maximum absolute atomic E-state index is 14.8. The molecule has 5 nitrogen and oxygen atoms in total.